The van der Waals surface area contributed by atoms with Crippen LogP contribution in [0.3, 0.4) is 0 Å². The summed E-state index contributed by atoms with van der Waals surface area (Å²) >= 11 is 0. The second-order valence-corrected chi connectivity index (χ2v) is 8.28. The van der Waals surface area contributed by atoms with Crippen LogP contribution in [0.5, 0.6) is 0 Å². The third kappa shape index (κ3) is 3.33. The first-order valence-corrected chi connectivity index (χ1v) is 9.80. The molecule has 0 amide bonds. The Morgan fingerprint density at radius 3 is 2.83 bits per heavy atom. The van der Waals surface area contributed by atoms with Crippen LogP contribution in [0.15, 0.2) is 16.5 Å². The Kier molecular flexibility index (Phi) is 5.10. The maximum absolute atomic E-state index is 13.0. The zero-order valence-electron chi connectivity index (χ0n) is 13.9. The van der Waals surface area contributed by atoms with Gasteiger partial charge < -0.3 is 9.15 Å². The van der Waals surface area contributed by atoms with Gasteiger partial charge in [-0.05, 0) is 37.3 Å². The van der Waals surface area contributed by atoms with Gasteiger partial charge in [0.2, 0.25) is 0 Å². The SMILES string of the molecule is CCc1ccc([C@@H]2CCCN2S(=O)(=O)N2CC[C@H](COC)C2)o1. The maximum Gasteiger partial charge on any atom is 0.282 e. The van der Waals surface area contributed by atoms with Crippen LogP contribution in [-0.2, 0) is 21.4 Å². The van der Waals surface area contributed by atoms with Crippen LogP contribution in [0.1, 0.15) is 43.7 Å². The monoisotopic (exact) mass is 342 g/mol. The van der Waals surface area contributed by atoms with Crippen LogP contribution in [0, 0.1) is 5.92 Å². The van der Waals surface area contributed by atoms with Crippen LogP contribution in [-0.4, -0.2) is 50.4 Å². The van der Waals surface area contributed by atoms with E-state index in [1.807, 2.05) is 19.1 Å². The van der Waals surface area contributed by atoms with Gasteiger partial charge in [0, 0.05) is 33.2 Å². The Balaban J connectivity index is 1.76. The summed E-state index contributed by atoms with van der Waals surface area (Å²) in [6.07, 6.45) is 3.39. The van der Waals surface area contributed by atoms with Crippen molar-refractivity contribution in [3.05, 3.63) is 23.7 Å². The van der Waals surface area contributed by atoms with Gasteiger partial charge in [0.05, 0.1) is 12.6 Å². The number of nitrogens with zero attached hydrogens (tertiary/aromatic N) is 2. The van der Waals surface area contributed by atoms with Crippen molar-refractivity contribution in [3.8, 4) is 0 Å². The third-order valence-corrected chi connectivity index (χ3v) is 6.85. The number of hydrogen-bond acceptors (Lipinski definition) is 4. The van der Waals surface area contributed by atoms with E-state index in [0.29, 0.717) is 32.2 Å². The molecule has 2 fully saturated rings. The molecule has 1 aromatic rings. The molecule has 0 spiro atoms. The standard InChI is InChI=1S/C16H26N2O4S/c1-3-14-6-7-16(22-14)15-5-4-9-18(15)23(19,20)17-10-8-13(11-17)12-21-2/h6-7,13,15H,3-5,8-12H2,1-2H3/t13-,15-/m0/s1. The van der Waals surface area contributed by atoms with Crippen molar-refractivity contribution < 1.29 is 17.6 Å². The Hall–Kier alpha value is -0.890. The first-order chi connectivity index (χ1) is 11.1. The fourth-order valence-electron chi connectivity index (χ4n) is 3.59. The summed E-state index contributed by atoms with van der Waals surface area (Å²) in [6, 6.07) is 3.71. The summed E-state index contributed by atoms with van der Waals surface area (Å²) < 4.78 is 40.3. The minimum Gasteiger partial charge on any atom is -0.464 e. The van der Waals surface area contributed by atoms with Gasteiger partial charge in [-0.2, -0.15) is 17.0 Å². The summed E-state index contributed by atoms with van der Waals surface area (Å²) in [6.45, 7) is 4.36. The molecule has 0 saturated carbocycles. The molecule has 2 atom stereocenters. The topological polar surface area (TPSA) is 63.0 Å². The molecule has 0 aromatic carbocycles. The second kappa shape index (κ2) is 6.93. The van der Waals surface area contributed by atoms with E-state index in [1.54, 1.807) is 15.7 Å². The molecule has 6 nitrogen and oxygen atoms in total. The van der Waals surface area contributed by atoms with Crippen LogP contribution in [0.2, 0.25) is 0 Å². The van der Waals surface area contributed by atoms with Gasteiger partial charge in [-0.1, -0.05) is 6.92 Å². The molecule has 130 valence electrons. The molecule has 0 radical (unpaired) electrons. The van der Waals surface area contributed by atoms with Crippen LogP contribution in [0.4, 0.5) is 0 Å². The Labute approximate surface area is 138 Å². The highest BCUT2D eigenvalue weighted by atomic mass is 32.2. The van der Waals surface area contributed by atoms with Crippen LogP contribution >= 0.6 is 0 Å². The van der Waals surface area contributed by atoms with Crippen molar-refractivity contribution in [2.45, 2.75) is 38.6 Å². The molecule has 2 aliphatic rings. The van der Waals surface area contributed by atoms with Gasteiger partial charge in [0.1, 0.15) is 11.5 Å². The average Bonchev–Trinajstić information content (AvgIpc) is 3.26. The quantitative estimate of drug-likeness (QED) is 0.795. The minimum atomic E-state index is -3.43. The number of ether oxygens (including phenoxy) is 1. The second-order valence-electron chi connectivity index (χ2n) is 6.40. The fourth-order valence-corrected chi connectivity index (χ4v) is 5.51. The third-order valence-electron chi connectivity index (χ3n) is 4.84. The minimum absolute atomic E-state index is 0.165. The highest BCUT2D eigenvalue weighted by Gasteiger charge is 2.42. The van der Waals surface area contributed by atoms with Gasteiger partial charge in [-0.25, -0.2) is 0 Å². The predicted octanol–water partition coefficient (Wildman–Crippen LogP) is 2.19. The highest BCUT2D eigenvalue weighted by Crippen LogP contribution is 2.37. The van der Waals surface area contributed by atoms with Gasteiger partial charge >= 0.3 is 0 Å². The molecule has 23 heavy (non-hydrogen) atoms. The molecule has 0 aliphatic carbocycles. The van der Waals surface area contributed by atoms with Gasteiger partial charge in [-0.15, -0.1) is 0 Å². The molecular weight excluding hydrogens is 316 g/mol. The van der Waals surface area contributed by atoms with E-state index in [2.05, 4.69) is 0 Å². The highest BCUT2D eigenvalue weighted by molar-refractivity contribution is 7.86. The molecule has 3 rings (SSSR count). The Bertz CT molecular complexity index is 628. The molecule has 2 saturated heterocycles. The van der Waals surface area contributed by atoms with E-state index in [-0.39, 0.29) is 6.04 Å². The van der Waals surface area contributed by atoms with Crippen molar-refractivity contribution in [1.29, 1.82) is 0 Å². The van der Waals surface area contributed by atoms with Crippen LogP contribution < -0.4 is 0 Å². The Morgan fingerprint density at radius 1 is 1.30 bits per heavy atom. The lowest BCUT2D eigenvalue weighted by Gasteiger charge is -2.27. The average molecular weight is 342 g/mol. The lowest BCUT2D eigenvalue weighted by atomic mass is 10.1. The summed E-state index contributed by atoms with van der Waals surface area (Å²) in [4.78, 5) is 0. The molecule has 7 heteroatoms. The van der Waals surface area contributed by atoms with Gasteiger partial charge in [-0.3, -0.25) is 0 Å². The zero-order valence-corrected chi connectivity index (χ0v) is 14.7. The molecule has 0 bridgehead atoms. The van der Waals surface area contributed by atoms with E-state index in [0.717, 1.165) is 37.2 Å². The number of furan rings is 1. The lowest BCUT2D eigenvalue weighted by Crippen LogP contribution is -2.42. The van der Waals surface area contributed by atoms with Crippen molar-refractivity contribution in [2.24, 2.45) is 5.92 Å². The van der Waals surface area contributed by atoms with Crippen molar-refractivity contribution >= 4 is 10.2 Å². The molecule has 2 aliphatic heterocycles. The summed E-state index contributed by atoms with van der Waals surface area (Å²) in [7, 11) is -1.77. The largest absolute Gasteiger partial charge is 0.464 e. The lowest BCUT2D eigenvalue weighted by molar-refractivity contribution is 0.157. The van der Waals surface area contributed by atoms with Gasteiger partial charge in [0.15, 0.2) is 0 Å². The number of aryl methyl sites for hydroxylation is 1. The zero-order chi connectivity index (χ0) is 16.4. The molecule has 0 N–H and O–H groups in total. The first kappa shape index (κ1) is 17.0. The van der Waals surface area contributed by atoms with Crippen LogP contribution in [0.25, 0.3) is 0 Å². The predicted molar refractivity (Wildman–Crippen MR) is 87.2 cm³/mol. The smallest absolute Gasteiger partial charge is 0.282 e. The molecule has 0 unspecified atom stereocenters. The summed E-state index contributed by atoms with van der Waals surface area (Å²) in [5.41, 5.74) is 0. The fraction of sp³-hybridized carbons (Fsp3) is 0.750. The van der Waals surface area contributed by atoms with E-state index in [1.165, 1.54) is 0 Å². The molecule has 3 heterocycles. The normalized spacial score (nSPS) is 27.0. The number of rotatable bonds is 6. The van der Waals surface area contributed by atoms with Crippen molar-refractivity contribution in [2.75, 3.05) is 33.4 Å². The molecular formula is C16H26N2O4S. The first-order valence-electron chi connectivity index (χ1n) is 8.40. The van der Waals surface area contributed by atoms with Gasteiger partial charge in [0.25, 0.3) is 10.2 Å². The van der Waals surface area contributed by atoms with E-state index in [9.17, 15) is 8.42 Å². The number of methoxy groups -OCH3 is 1. The summed E-state index contributed by atoms with van der Waals surface area (Å²) in [5.74, 6) is 1.98. The van der Waals surface area contributed by atoms with E-state index in [4.69, 9.17) is 9.15 Å². The molecule has 1 aromatic heterocycles. The van der Waals surface area contributed by atoms with E-state index >= 15 is 0 Å². The maximum atomic E-state index is 13.0. The van der Waals surface area contributed by atoms with Crippen molar-refractivity contribution in [1.82, 2.24) is 8.61 Å². The van der Waals surface area contributed by atoms with Crippen molar-refractivity contribution in [3.63, 3.8) is 0 Å². The van der Waals surface area contributed by atoms with E-state index < -0.39 is 10.2 Å². The summed E-state index contributed by atoms with van der Waals surface area (Å²) in [5, 5.41) is 0. The Morgan fingerprint density at radius 2 is 2.13 bits per heavy atom. The number of hydrogen-bond donors (Lipinski definition) is 0.